The Morgan fingerprint density at radius 1 is 1.47 bits per heavy atom. The first kappa shape index (κ1) is 12.0. The molecule has 0 aromatic heterocycles. The molecule has 1 N–H and O–H groups in total. The van der Waals surface area contributed by atoms with E-state index in [0.717, 1.165) is 32.3 Å². The van der Waals surface area contributed by atoms with Crippen LogP contribution in [0.15, 0.2) is 0 Å². The van der Waals surface area contributed by atoms with Gasteiger partial charge in [0.1, 0.15) is 0 Å². The van der Waals surface area contributed by atoms with E-state index in [9.17, 15) is 9.59 Å². The summed E-state index contributed by atoms with van der Waals surface area (Å²) < 4.78 is 0. The van der Waals surface area contributed by atoms with Crippen LogP contribution in [-0.4, -0.2) is 36.3 Å². The molecule has 0 aromatic rings. The van der Waals surface area contributed by atoms with Crippen LogP contribution in [-0.2, 0) is 9.59 Å². The number of carbonyl (C=O) groups excluding carboxylic acids is 2. The van der Waals surface area contributed by atoms with Gasteiger partial charge in [-0.3, -0.25) is 9.59 Å². The summed E-state index contributed by atoms with van der Waals surface area (Å²) in [6.07, 6.45) is 3.13. The van der Waals surface area contributed by atoms with Crippen LogP contribution >= 0.6 is 0 Å². The molecule has 1 saturated heterocycles. The molecule has 0 radical (unpaired) electrons. The van der Waals surface area contributed by atoms with Gasteiger partial charge in [-0.15, -0.1) is 0 Å². The zero-order valence-electron chi connectivity index (χ0n) is 9.53. The number of likely N-dealkylation sites (tertiary alicyclic amines) is 1. The van der Waals surface area contributed by atoms with Gasteiger partial charge in [-0.25, -0.2) is 0 Å². The second kappa shape index (κ2) is 5.73. The maximum absolute atomic E-state index is 11.7. The van der Waals surface area contributed by atoms with Crippen molar-refractivity contribution in [1.82, 2.24) is 10.2 Å². The topological polar surface area (TPSA) is 49.4 Å². The molecule has 0 unspecified atom stereocenters. The Labute approximate surface area is 91.0 Å². The van der Waals surface area contributed by atoms with Crippen LogP contribution in [0.25, 0.3) is 0 Å². The highest BCUT2D eigenvalue weighted by Crippen LogP contribution is 2.12. The lowest BCUT2D eigenvalue weighted by molar-refractivity contribution is -0.133. The van der Waals surface area contributed by atoms with Crippen molar-refractivity contribution in [3.63, 3.8) is 0 Å². The minimum Gasteiger partial charge on any atom is -0.356 e. The third-order valence-electron chi connectivity index (χ3n) is 2.73. The highest BCUT2D eigenvalue weighted by atomic mass is 16.2. The third kappa shape index (κ3) is 3.90. The molecule has 0 bridgehead atoms. The molecule has 86 valence electrons. The number of nitrogens with one attached hydrogen (secondary N) is 1. The van der Waals surface area contributed by atoms with Gasteiger partial charge in [0, 0.05) is 25.6 Å². The molecule has 4 nitrogen and oxygen atoms in total. The Hall–Kier alpha value is -1.06. The summed E-state index contributed by atoms with van der Waals surface area (Å²) in [6.45, 7) is 5.66. The normalized spacial score (nSPS) is 17.9. The van der Waals surface area contributed by atoms with Crippen molar-refractivity contribution < 1.29 is 9.59 Å². The summed E-state index contributed by atoms with van der Waals surface area (Å²) in [5, 5.41) is 2.77. The Kier molecular flexibility index (Phi) is 4.59. The molecule has 4 heteroatoms. The van der Waals surface area contributed by atoms with Crippen molar-refractivity contribution in [3.05, 3.63) is 0 Å². The highest BCUT2D eigenvalue weighted by molar-refractivity contribution is 5.76. The Bertz CT molecular complexity index is 221. The quantitative estimate of drug-likeness (QED) is 0.700. The van der Waals surface area contributed by atoms with Gasteiger partial charge in [0.15, 0.2) is 0 Å². The van der Waals surface area contributed by atoms with Crippen LogP contribution < -0.4 is 5.32 Å². The van der Waals surface area contributed by atoms with Gasteiger partial charge >= 0.3 is 0 Å². The van der Waals surface area contributed by atoms with Crippen LogP contribution in [0.5, 0.6) is 0 Å². The molecule has 0 saturated carbocycles. The van der Waals surface area contributed by atoms with Gasteiger partial charge in [0.2, 0.25) is 12.3 Å². The monoisotopic (exact) mass is 212 g/mol. The minimum atomic E-state index is 0.245. The molecule has 2 amide bonds. The lowest BCUT2D eigenvalue weighted by Gasteiger charge is -2.32. The number of piperidine rings is 1. The molecule has 0 spiro atoms. The fraction of sp³-hybridized carbons (Fsp3) is 0.818. The molecule has 1 aliphatic rings. The highest BCUT2D eigenvalue weighted by Gasteiger charge is 2.22. The van der Waals surface area contributed by atoms with Crippen molar-refractivity contribution in [1.29, 1.82) is 0 Å². The average molecular weight is 212 g/mol. The zero-order valence-corrected chi connectivity index (χ0v) is 9.53. The number of hydrogen-bond donors (Lipinski definition) is 1. The third-order valence-corrected chi connectivity index (χ3v) is 2.73. The maximum atomic E-state index is 11.7. The van der Waals surface area contributed by atoms with Gasteiger partial charge < -0.3 is 10.2 Å². The van der Waals surface area contributed by atoms with Crippen molar-refractivity contribution in [2.45, 2.75) is 39.2 Å². The van der Waals surface area contributed by atoms with Gasteiger partial charge in [-0.1, -0.05) is 13.8 Å². The van der Waals surface area contributed by atoms with Gasteiger partial charge in [0.05, 0.1) is 0 Å². The van der Waals surface area contributed by atoms with Crippen molar-refractivity contribution in [2.75, 3.05) is 13.1 Å². The molecule has 0 aliphatic carbocycles. The fourth-order valence-corrected chi connectivity index (χ4v) is 1.87. The summed E-state index contributed by atoms with van der Waals surface area (Å²) in [7, 11) is 0. The predicted octanol–water partition coefficient (Wildman–Crippen LogP) is 0.770. The molecule has 0 atom stereocenters. The van der Waals surface area contributed by atoms with Crippen molar-refractivity contribution >= 4 is 12.3 Å². The average Bonchev–Trinajstić information content (AvgIpc) is 2.18. The summed E-state index contributed by atoms with van der Waals surface area (Å²) in [5.74, 6) is 0.665. The van der Waals surface area contributed by atoms with E-state index in [1.807, 2.05) is 4.90 Å². The molecule has 1 fully saturated rings. The van der Waals surface area contributed by atoms with Crippen LogP contribution in [0.3, 0.4) is 0 Å². The first-order valence-corrected chi connectivity index (χ1v) is 5.61. The van der Waals surface area contributed by atoms with Crippen molar-refractivity contribution in [2.24, 2.45) is 5.92 Å². The first-order valence-electron chi connectivity index (χ1n) is 5.61. The largest absolute Gasteiger partial charge is 0.356 e. The minimum absolute atomic E-state index is 0.245. The van der Waals surface area contributed by atoms with Crippen LogP contribution in [0.4, 0.5) is 0 Å². The maximum Gasteiger partial charge on any atom is 0.222 e. The number of rotatable bonds is 4. The Balaban J connectivity index is 2.30. The van der Waals surface area contributed by atoms with Gasteiger partial charge in [-0.05, 0) is 18.8 Å². The van der Waals surface area contributed by atoms with E-state index in [-0.39, 0.29) is 11.9 Å². The molecule has 15 heavy (non-hydrogen) atoms. The number of carbonyl (C=O) groups is 2. The molecular formula is C11H20N2O2. The molecule has 1 aliphatic heterocycles. The Morgan fingerprint density at radius 3 is 2.53 bits per heavy atom. The summed E-state index contributed by atoms with van der Waals surface area (Å²) in [6, 6.07) is 0.255. The summed E-state index contributed by atoms with van der Waals surface area (Å²) >= 11 is 0. The molecular weight excluding hydrogens is 192 g/mol. The number of amides is 2. The van der Waals surface area contributed by atoms with Gasteiger partial charge in [0.25, 0.3) is 0 Å². The van der Waals surface area contributed by atoms with E-state index in [4.69, 9.17) is 0 Å². The Morgan fingerprint density at radius 2 is 2.07 bits per heavy atom. The number of hydrogen-bond acceptors (Lipinski definition) is 2. The second-order valence-electron chi connectivity index (χ2n) is 4.54. The first-order chi connectivity index (χ1) is 7.13. The van der Waals surface area contributed by atoms with Crippen LogP contribution in [0, 0.1) is 5.92 Å². The zero-order chi connectivity index (χ0) is 11.3. The predicted molar refractivity (Wildman–Crippen MR) is 58.3 cm³/mol. The molecule has 0 aromatic carbocycles. The van der Waals surface area contributed by atoms with Crippen molar-refractivity contribution in [3.8, 4) is 0 Å². The standard InChI is InChI=1S/C11H20N2O2/c1-9(2)7-11(15)13-5-3-10(4-6-13)12-8-14/h8-10H,3-7H2,1-2H3,(H,12,14). The number of nitrogens with zero attached hydrogens (tertiary/aromatic N) is 1. The summed E-state index contributed by atoms with van der Waals surface area (Å²) in [4.78, 5) is 23.9. The van der Waals surface area contributed by atoms with Crippen LogP contribution in [0.2, 0.25) is 0 Å². The van der Waals surface area contributed by atoms with E-state index >= 15 is 0 Å². The SMILES string of the molecule is CC(C)CC(=O)N1CCC(NC=O)CC1. The van der Waals surface area contributed by atoms with E-state index in [1.165, 1.54) is 0 Å². The summed E-state index contributed by atoms with van der Waals surface area (Å²) in [5.41, 5.74) is 0. The lowest BCUT2D eigenvalue weighted by atomic mass is 10.0. The van der Waals surface area contributed by atoms with E-state index in [2.05, 4.69) is 19.2 Å². The van der Waals surface area contributed by atoms with E-state index < -0.39 is 0 Å². The smallest absolute Gasteiger partial charge is 0.222 e. The van der Waals surface area contributed by atoms with Gasteiger partial charge in [-0.2, -0.15) is 0 Å². The fourth-order valence-electron chi connectivity index (χ4n) is 1.87. The molecule has 1 rings (SSSR count). The molecule has 1 heterocycles. The van der Waals surface area contributed by atoms with Crippen LogP contribution in [0.1, 0.15) is 33.1 Å². The van der Waals surface area contributed by atoms with E-state index in [1.54, 1.807) is 0 Å². The van der Waals surface area contributed by atoms with E-state index in [0.29, 0.717) is 12.3 Å². The lowest BCUT2D eigenvalue weighted by Crippen LogP contribution is -2.44. The second-order valence-corrected chi connectivity index (χ2v) is 4.54.